The van der Waals surface area contributed by atoms with Crippen molar-refractivity contribution < 1.29 is 9.59 Å². The Morgan fingerprint density at radius 3 is 1.33 bits per heavy atom. The van der Waals surface area contributed by atoms with Crippen molar-refractivity contribution in [2.45, 2.75) is 103 Å². The summed E-state index contributed by atoms with van der Waals surface area (Å²) >= 11 is 0. The summed E-state index contributed by atoms with van der Waals surface area (Å²) in [6.07, 6.45) is 25.3. The van der Waals surface area contributed by atoms with Crippen LogP contribution in [0.5, 0.6) is 0 Å². The van der Waals surface area contributed by atoms with E-state index in [1.54, 1.807) is 0 Å². The van der Waals surface area contributed by atoms with E-state index in [1.165, 1.54) is 32.1 Å². The van der Waals surface area contributed by atoms with Crippen LogP contribution in [0.3, 0.4) is 0 Å². The highest BCUT2D eigenvalue weighted by Crippen LogP contribution is 2.07. The van der Waals surface area contributed by atoms with Crippen LogP contribution in [0.1, 0.15) is 103 Å². The third kappa shape index (κ3) is 33.9. The maximum atomic E-state index is 10.5. The Morgan fingerprint density at radius 2 is 0.867 bits per heavy atom. The van der Waals surface area contributed by atoms with Crippen molar-refractivity contribution in [3.05, 3.63) is 24.3 Å². The van der Waals surface area contributed by atoms with Crippen LogP contribution in [0.4, 0.5) is 0 Å². The Kier molecular flexibility index (Phi) is 27.8. The van der Waals surface area contributed by atoms with Gasteiger partial charge in [0, 0.05) is 12.8 Å². The highest BCUT2D eigenvalue weighted by atomic mass is 16.1. The van der Waals surface area contributed by atoms with E-state index in [0.29, 0.717) is 12.8 Å². The molecule has 0 aliphatic carbocycles. The minimum atomic E-state index is -0.209. The molecule has 2 amide bonds. The second kappa shape index (κ2) is 27.3. The van der Waals surface area contributed by atoms with Crippen molar-refractivity contribution in [2.24, 2.45) is 22.9 Å². The highest BCUT2D eigenvalue weighted by Gasteiger charge is 1.94. The largest absolute Gasteiger partial charge is 0.370 e. The van der Waals surface area contributed by atoms with Gasteiger partial charge in [-0.3, -0.25) is 9.59 Å². The first-order valence-corrected chi connectivity index (χ1v) is 11.8. The average Bonchev–Trinajstić information content (AvgIpc) is 2.71. The van der Waals surface area contributed by atoms with Crippen LogP contribution in [-0.4, -0.2) is 24.9 Å². The van der Waals surface area contributed by atoms with Gasteiger partial charge in [0.15, 0.2) is 0 Å². The lowest BCUT2D eigenvalue weighted by molar-refractivity contribution is -0.119. The zero-order chi connectivity index (χ0) is 22.7. The van der Waals surface area contributed by atoms with Gasteiger partial charge in [-0.05, 0) is 70.9 Å². The summed E-state index contributed by atoms with van der Waals surface area (Å²) in [7, 11) is 0. The molecule has 30 heavy (non-hydrogen) atoms. The van der Waals surface area contributed by atoms with Crippen molar-refractivity contribution in [1.29, 1.82) is 0 Å². The molecule has 0 fully saturated rings. The SMILES string of the molecule is NC(=O)CCCC/C=C\C/C=C\CCCCCCCC(N)=O.NCCCCCCN. The van der Waals surface area contributed by atoms with Crippen LogP contribution < -0.4 is 22.9 Å². The van der Waals surface area contributed by atoms with Gasteiger partial charge in [-0.1, -0.05) is 56.4 Å². The van der Waals surface area contributed by atoms with Crippen molar-refractivity contribution in [3.8, 4) is 0 Å². The molecule has 0 aromatic heterocycles. The van der Waals surface area contributed by atoms with Gasteiger partial charge in [-0.2, -0.15) is 0 Å². The average molecular weight is 425 g/mol. The molecule has 0 radical (unpaired) electrons. The molecular weight excluding hydrogens is 376 g/mol. The van der Waals surface area contributed by atoms with Gasteiger partial charge in [-0.25, -0.2) is 0 Å². The van der Waals surface area contributed by atoms with E-state index in [9.17, 15) is 9.59 Å². The van der Waals surface area contributed by atoms with Gasteiger partial charge >= 0.3 is 0 Å². The van der Waals surface area contributed by atoms with E-state index >= 15 is 0 Å². The van der Waals surface area contributed by atoms with E-state index in [4.69, 9.17) is 22.9 Å². The summed E-state index contributed by atoms with van der Waals surface area (Å²) < 4.78 is 0. The van der Waals surface area contributed by atoms with E-state index in [2.05, 4.69) is 24.3 Å². The first kappa shape index (κ1) is 30.5. The Bertz CT molecular complexity index is 431. The Balaban J connectivity index is 0. The summed E-state index contributed by atoms with van der Waals surface area (Å²) in [4.78, 5) is 21.1. The van der Waals surface area contributed by atoms with Gasteiger partial charge < -0.3 is 22.9 Å². The summed E-state index contributed by atoms with van der Waals surface area (Å²) in [5.41, 5.74) is 20.7. The lowest BCUT2D eigenvalue weighted by Crippen LogP contribution is -2.09. The molecule has 8 N–H and O–H groups in total. The molecule has 0 aromatic carbocycles. The van der Waals surface area contributed by atoms with Crippen molar-refractivity contribution >= 4 is 11.8 Å². The second-order valence-electron chi connectivity index (χ2n) is 7.65. The third-order valence-corrected chi connectivity index (χ3v) is 4.60. The molecule has 0 unspecified atom stereocenters. The van der Waals surface area contributed by atoms with Gasteiger partial charge in [0.2, 0.25) is 11.8 Å². The fourth-order valence-electron chi connectivity index (χ4n) is 2.80. The summed E-state index contributed by atoms with van der Waals surface area (Å²) in [6.45, 7) is 1.65. The molecule has 0 saturated carbocycles. The summed E-state index contributed by atoms with van der Waals surface area (Å²) in [5.74, 6) is -0.399. The number of rotatable bonds is 20. The number of carbonyl (C=O) groups excluding carboxylic acids is 2. The van der Waals surface area contributed by atoms with E-state index in [0.717, 1.165) is 70.9 Å². The number of carbonyl (C=O) groups is 2. The van der Waals surface area contributed by atoms with Crippen LogP contribution in [-0.2, 0) is 9.59 Å². The number of allylic oxidation sites excluding steroid dienone is 4. The van der Waals surface area contributed by atoms with Gasteiger partial charge in [0.1, 0.15) is 0 Å². The minimum absolute atomic E-state index is 0.191. The van der Waals surface area contributed by atoms with Crippen LogP contribution in [0.25, 0.3) is 0 Å². The molecule has 0 heterocycles. The molecule has 0 bridgehead atoms. The highest BCUT2D eigenvalue weighted by molar-refractivity contribution is 5.73. The van der Waals surface area contributed by atoms with Crippen LogP contribution >= 0.6 is 0 Å². The second-order valence-corrected chi connectivity index (χ2v) is 7.65. The lowest BCUT2D eigenvalue weighted by Gasteiger charge is -1.98. The quantitative estimate of drug-likeness (QED) is 0.172. The van der Waals surface area contributed by atoms with Gasteiger partial charge in [-0.15, -0.1) is 0 Å². The normalized spacial score (nSPS) is 11.0. The number of unbranched alkanes of at least 4 members (excludes halogenated alkanes) is 10. The Labute approximate surface area is 184 Å². The topological polar surface area (TPSA) is 138 Å². The Hall–Kier alpha value is -1.66. The fraction of sp³-hybridized carbons (Fsp3) is 0.750. The smallest absolute Gasteiger partial charge is 0.217 e. The zero-order valence-corrected chi connectivity index (χ0v) is 19.2. The molecule has 0 saturated heterocycles. The molecule has 176 valence electrons. The van der Waals surface area contributed by atoms with Crippen molar-refractivity contribution in [1.82, 2.24) is 0 Å². The molecule has 6 nitrogen and oxygen atoms in total. The van der Waals surface area contributed by atoms with Gasteiger partial charge in [0.05, 0.1) is 0 Å². The maximum absolute atomic E-state index is 10.5. The number of hydrogen-bond donors (Lipinski definition) is 4. The fourth-order valence-corrected chi connectivity index (χ4v) is 2.80. The lowest BCUT2D eigenvalue weighted by atomic mass is 10.1. The van der Waals surface area contributed by atoms with Crippen LogP contribution in [0.2, 0.25) is 0 Å². The molecule has 6 heteroatoms. The molecule has 0 aromatic rings. The van der Waals surface area contributed by atoms with E-state index in [-0.39, 0.29) is 11.8 Å². The van der Waals surface area contributed by atoms with Crippen molar-refractivity contribution in [3.63, 3.8) is 0 Å². The van der Waals surface area contributed by atoms with Crippen LogP contribution in [0.15, 0.2) is 24.3 Å². The first-order chi connectivity index (χ1) is 14.5. The molecule has 0 aliphatic rings. The Morgan fingerprint density at radius 1 is 0.500 bits per heavy atom. The molecule has 0 aliphatic heterocycles. The standard InChI is InChI=1S/C18H32N2O2.C6H16N2/c19-17(21)15-13-11-9-7-5-3-1-2-4-6-8-10-12-14-16-18(20)22;7-5-3-1-2-4-6-8/h1-2,5,7H,3-4,6,8-16H2,(H2,19,21)(H2,20,22);1-8H2/b2-1-,7-5-;. The summed E-state index contributed by atoms with van der Waals surface area (Å²) in [5, 5.41) is 0. The van der Waals surface area contributed by atoms with Gasteiger partial charge in [0.25, 0.3) is 0 Å². The molecular formula is C24H48N4O2. The monoisotopic (exact) mass is 424 g/mol. The van der Waals surface area contributed by atoms with E-state index < -0.39 is 0 Å². The predicted octanol–water partition coefficient (Wildman–Crippen LogP) is 4.21. The predicted molar refractivity (Wildman–Crippen MR) is 129 cm³/mol. The number of nitrogens with two attached hydrogens (primary N) is 4. The maximum Gasteiger partial charge on any atom is 0.217 e. The zero-order valence-electron chi connectivity index (χ0n) is 19.2. The summed E-state index contributed by atoms with van der Waals surface area (Å²) in [6, 6.07) is 0. The third-order valence-electron chi connectivity index (χ3n) is 4.60. The van der Waals surface area contributed by atoms with E-state index in [1.807, 2.05) is 0 Å². The molecule has 0 spiro atoms. The minimum Gasteiger partial charge on any atom is -0.370 e. The van der Waals surface area contributed by atoms with Crippen molar-refractivity contribution in [2.75, 3.05) is 13.1 Å². The molecule has 0 rings (SSSR count). The number of primary amides is 2. The number of hydrogen-bond acceptors (Lipinski definition) is 4. The van der Waals surface area contributed by atoms with Crippen LogP contribution in [0, 0.1) is 0 Å². The first-order valence-electron chi connectivity index (χ1n) is 11.8. The number of amides is 2. The molecule has 0 atom stereocenters.